The summed E-state index contributed by atoms with van der Waals surface area (Å²) >= 11 is 0. The number of ether oxygens (including phenoxy) is 1. The second-order valence-electron chi connectivity index (χ2n) is 10.1. The van der Waals surface area contributed by atoms with Gasteiger partial charge in [-0.15, -0.1) is 0 Å². The van der Waals surface area contributed by atoms with Crippen LogP contribution in [-0.4, -0.2) is 40.7 Å². The molecule has 0 spiro atoms. The topological polar surface area (TPSA) is 96.1 Å². The molecular formula is C27H34N4O3. The molecule has 2 aromatic heterocycles. The number of nitrogens with one attached hydrogen (secondary N) is 3. The molecule has 0 aliphatic heterocycles. The first-order valence-corrected chi connectivity index (χ1v) is 12.1. The zero-order chi connectivity index (χ0) is 24.1. The molecule has 0 bridgehead atoms. The number of pyridine rings is 1. The second-order valence-corrected chi connectivity index (χ2v) is 10.1. The Morgan fingerprint density at radius 2 is 1.65 bits per heavy atom. The molecule has 0 radical (unpaired) electrons. The molecule has 0 saturated heterocycles. The van der Waals surface area contributed by atoms with Gasteiger partial charge in [-0.2, -0.15) is 0 Å². The van der Waals surface area contributed by atoms with E-state index in [1.54, 1.807) is 0 Å². The average Bonchev–Trinajstić information content (AvgIpc) is 3.29. The Bertz CT molecular complexity index is 1130. The van der Waals surface area contributed by atoms with Crippen LogP contribution >= 0.6 is 0 Å². The fraction of sp³-hybridized carbons (Fsp3) is 0.444. The monoisotopic (exact) mass is 462 g/mol. The summed E-state index contributed by atoms with van der Waals surface area (Å²) < 4.78 is 5.31. The molecule has 0 atom stereocenters. The number of alkyl carbamates (subject to hydrolysis) is 1. The highest BCUT2D eigenvalue weighted by Gasteiger charge is 2.24. The van der Waals surface area contributed by atoms with Crippen molar-refractivity contribution < 1.29 is 14.3 Å². The van der Waals surface area contributed by atoms with E-state index in [0.717, 1.165) is 42.3 Å². The summed E-state index contributed by atoms with van der Waals surface area (Å²) in [6.45, 7) is 6.88. The van der Waals surface area contributed by atoms with Crippen LogP contribution in [0, 0.1) is 11.8 Å². The molecule has 1 aliphatic rings. The average molecular weight is 463 g/mol. The Balaban J connectivity index is 1.30. The Labute approximate surface area is 200 Å². The standard InChI is InChI=1S/C27H34N4O3/c1-27(2,3)34-26(33)30-17-19-11-9-18(10-12-19)16-29-25(32)22-15-23(20-7-5-4-6-8-20)31-24-21(22)13-14-28-24/h4-8,13-15,18-19H,9-12,16-17H2,1-3H3,(H,28,31)(H,29,32)(H,30,33). The van der Waals surface area contributed by atoms with Gasteiger partial charge in [0.15, 0.2) is 0 Å². The number of benzene rings is 1. The number of rotatable bonds is 6. The molecule has 4 rings (SSSR count). The van der Waals surface area contributed by atoms with Crippen molar-refractivity contribution in [2.75, 3.05) is 13.1 Å². The summed E-state index contributed by atoms with van der Waals surface area (Å²) in [6, 6.07) is 13.7. The van der Waals surface area contributed by atoms with Crippen LogP contribution in [-0.2, 0) is 4.74 Å². The van der Waals surface area contributed by atoms with Gasteiger partial charge >= 0.3 is 6.09 Å². The van der Waals surface area contributed by atoms with Gasteiger partial charge in [0.2, 0.25) is 0 Å². The van der Waals surface area contributed by atoms with Crippen LogP contribution in [0.5, 0.6) is 0 Å². The minimum atomic E-state index is -0.484. The van der Waals surface area contributed by atoms with E-state index in [1.165, 1.54) is 0 Å². The molecular weight excluding hydrogens is 428 g/mol. The van der Waals surface area contributed by atoms with Gasteiger partial charge in [0.05, 0.1) is 11.3 Å². The van der Waals surface area contributed by atoms with E-state index in [4.69, 9.17) is 4.74 Å². The fourth-order valence-electron chi connectivity index (χ4n) is 4.50. The Morgan fingerprint density at radius 3 is 2.29 bits per heavy atom. The number of aromatic nitrogens is 2. The van der Waals surface area contributed by atoms with Crippen molar-refractivity contribution >= 4 is 23.0 Å². The summed E-state index contributed by atoms with van der Waals surface area (Å²) in [5.74, 6) is 0.823. The minimum Gasteiger partial charge on any atom is -0.444 e. The Hall–Kier alpha value is -3.35. The van der Waals surface area contributed by atoms with Crippen LogP contribution in [0.3, 0.4) is 0 Å². The lowest BCUT2D eigenvalue weighted by atomic mass is 9.82. The molecule has 2 amide bonds. The van der Waals surface area contributed by atoms with E-state index in [0.29, 0.717) is 36.1 Å². The molecule has 1 aliphatic carbocycles. The number of nitrogens with zero attached hydrogens (tertiary/aromatic N) is 1. The zero-order valence-corrected chi connectivity index (χ0v) is 20.2. The van der Waals surface area contributed by atoms with Crippen LogP contribution in [0.2, 0.25) is 0 Å². The number of aromatic amines is 1. The van der Waals surface area contributed by atoms with Gasteiger partial charge in [0.25, 0.3) is 5.91 Å². The predicted molar refractivity (Wildman–Crippen MR) is 134 cm³/mol. The van der Waals surface area contributed by atoms with Crippen LogP contribution < -0.4 is 10.6 Å². The van der Waals surface area contributed by atoms with Gasteiger partial charge in [0, 0.05) is 30.2 Å². The molecule has 34 heavy (non-hydrogen) atoms. The molecule has 1 saturated carbocycles. The van der Waals surface area contributed by atoms with Crippen molar-refractivity contribution in [2.45, 2.75) is 52.1 Å². The summed E-state index contributed by atoms with van der Waals surface area (Å²) in [7, 11) is 0. The van der Waals surface area contributed by atoms with Gasteiger partial charge < -0.3 is 20.4 Å². The third-order valence-electron chi connectivity index (χ3n) is 6.29. The number of amides is 2. The van der Waals surface area contributed by atoms with Crippen LogP contribution in [0.1, 0.15) is 56.8 Å². The van der Waals surface area contributed by atoms with Crippen molar-refractivity contribution in [1.29, 1.82) is 0 Å². The normalized spacial score (nSPS) is 18.4. The second kappa shape index (κ2) is 10.3. The maximum Gasteiger partial charge on any atom is 0.407 e. The summed E-state index contributed by atoms with van der Waals surface area (Å²) in [4.78, 5) is 32.8. The number of carbonyl (C=O) groups is 2. The fourth-order valence-corrected chi connectivity index (χ4v) is 4.50. The third kappa shape index (κ3) is 6.16. The van der Waals surface area contributed by atoms with Crippen LogP contribution in [0.25, 0.3) is 22.3 Å². The van der Waals surface area contributed by atoms with Crippen LogP contribution in [0.4, 0.5) is 4.79 Å². The number of H-pyrrole nitrogens is 1. The number of hydrogen-bond donors (Lipinski definition) is 3. The molecule has 1 fully saturated rings. The molecule has 7 heteroatoms. The summed E-state index contributed by atoms with van der Waals surface area (Å²) in [6.07, 6.45) is 5.59. The van der Waals surface area contributed by atoms with Gasteiger partial charge in [-0.05, 0) is 70.4 Å². The first-order valence-electron chi connectivity index (χ1n) is 12.1. The largest absolute Gasteiger partial charge is 0.444 e. The molecule has 7 nitrogen and oxygen atoms in total. The van der Waals surface area contributed by atoms with E-state index >= 15 is 0 Å². The molecule has 3 aromatic rings. The van der Waals surface area contributed by atoms with Gasteiger partial charge in [0.1, 0.15) is 11.2 Å². The van der Waals surface area contributed by atoms with E-state index in [2.05, 4.69) is 20.6 Å². The smallest absolute Gasteiger partial charge is 0.407 e. The lowest BCUT2D eigenvalue weighted by Gasteiger charge is -2.29. The molecule has 3 N–H and O–H groups in total. The minimum absolute atomic E-state index is 0.0714. The van der Waals surface area contributed by atoms with Gasteiger partial charge in [-0.25, -0.2) is 9.78 Å². The summed E-state index contributed by atoms with van der Waals surface area (Å²) in [5, 5.41) is 6.87. The van der Waals surface area contributed by atoms with E-state index in [9.17, 15) is 9.59 Å². The highest BCUT2D eigenvalue weighted by molar-refractivity contribution is 6.06. The van der Waals surface area contributed by atoms with Gasteiger partial charge in [-0.3, -0.25) is 4.79 Å². The predicted octanol–water partition coefficient (Wildman–Crippen LogP) is 5.29. The summed E-state index contributed by atoms with van der Waals surface area (Å²) in [5.41, 5.74) is 2.62. The van der Waals surface area contributed by atoms with E-state index < -0.39 is 5.60 Å². The Kier molecular flexibility index (Phi) is 7.20. The van der Waals surface area contributed by atoms with E-state index in [1.807, 2.05) is 69.4 Å². The maximum atomic E-state index is 13.1. The SMILES string of the molecule is CC(C)(C)OC(=O)NCC1CCC(CNC(=O)c2cc(-c3ccccc3)nc3[nH]ccc23)CC1. The van der Waals surface area contributed by atoms with Crippen molar-refractivity contribution in [3.05, 3.63) is 54.2 Å². The van der Waals surface area contributed by atoms with Gasteiger partial charge in [-0.1, -0.05) is 30.3 Å². The molecule has 2 heterocycles. The van der Waals surface area contributed by atoms with Crippen molar-refractivity contribution in [1.82, 2.24) is 20.6 Å². The Morgan fingerprint density at radius 1 is 1.00 bits per heavy atom. The van der Waals surface area contributed by atoms with E-state index in [-0.39, 0.29) is 12.0 Å². The first kappa shape index (κ1) is 23.8. The first-order chi connectivity index (χ1) is 16.3. The number of hydrogen-bond acceptors (Lipinski definition) is 4. The zero-order valence-electron chi connectivity index (χ0n) is 20.2. The number of fused-ring (bicyclic) bond motifs is 1. The third-order valence-corrected chi connectivity index (χ3v) is 6.29. The molecule has 180 valence electrons. The molecule has 1 aromatic carbocycles. The highest BCUT2D eigenvalue weighted by Crippen LogP contribution is 2.29. The number of carbonyl (C=O) groups excluding carboxylic acids is 2. The molecule has 0 unspecified atom stereocenters. The lowest BCUT2D eigenvalue weighted by Crippen LogP contribution is -2.37. The van der Waals surface area contributed by atoms with Crippen molar-refractivity contribution in [2.24, 2.45) is 11.8 Å². The quantitative estimate of drug-likeness (QED) is 0.464. The lowest BCUT2D eigenvalue weighted by molar-refractivity contribution is 0.0512. The van der Waals surface area contributed by atoms with Crippen molar-refractivity contribution in [3.63, 3.8) is 0 Å². The van der Waals surface area contributed by atoms with Crippen molar-refractivity contribution in [3.8, 4) is 11.3 Å². The van der Waals surface area contributed by atoms with Crippen LogP contribution in [0.15, 0.2) is 48.7 Å². The highest BCUT2D eigenvalue weighted by atomic mass is 16.6. The maximum absolute atomic E-state index is 13.1.